The van der Waals surface area contributed by atoms with Gasteiger partial charge in [-0.25, -0.2) is 0 Å². The number of nitrogens with zero attached hydrogens (tertiary/aromatic N) is 4. The highest BCUT2D eigenvalue weighted by Crippen LogP contribution is 2.44. The van der Waals surface area contributed by atoms with Crippen molar-refractivity contribution in [2.45, 2.75) is 13.3 Å². The van der Waals surface area contributed by atoms with Gasteiger partial charge >= 0.3 is 0 Å². The first-order valence-corrected chi connectivity index (χ1v) is 26.7. The SMILES string of the molecule is CC1C=CC(c2cccc(N(c3ccc(-c4ccc(N(c5cccc(-c6ccccc6)c5)c5ccc6c(c5)c5ccccc5n6-c5ccccc5)cc4)cc3)c3ccc4c(c3)c3ccccc3n4-c3ccccc3)c2)=CC1. The summed E-state index contributed by atoms with van der Waals surface area (Å²) in [5.74, 6) is 0.546. The molecule has 2 aromatic heterocycles. The second-order valence-electron chi connectivity index (χ2n) is 20.2. The van der Waals surface area contributed by atoms with Crippen LogP contribution in [0.3, 0.4) is 0 Å². The number of fused-ring (bicyclic) bond motifs is 6. The zero-order valence-corrected chi connectivity index (χ0v) is 42.8. The van der Waals surface area contributed by atoms with E-state index in [2.05, 4.69) is 317 Å². The van der Waals surface area contributed by atoms with Crippen LogP contribution in [0, 0.1) is 5.92 Å². The van der Waals surface area contributed by atoms with Gasteiger partial charge in [0.05, 0.1) is 22.1 Å². The Kier molecular flexibility index (Phi) is 11.5. The molecule has 366 valence electrons. The number of hydrogen-bond acceptors (Lipinski definition) is 2. The van der Waals surface area contributed by atoms with Crippen molar-refractivity contribution in [2.24, 2.45) is 5.92 Å². The summed E-state index contributed by atoms with van der Waals surface area (Å²) in [7, 11) is 0. The van der Waals surface area contributed by atoms with Crippen molar-refractivity contribution in [3.63, 3.8) is 0 Å². The molecule has 4 nitrogen and oxygen atoms in total. The summed E-state index contributed by atoms with van der Waals surface area (Å²) in [6.45, 7) is 2.28. The van der Waals surface area contributed by atoms with Gasteiger partial charge < -0.3 is 18.9 Å². The van der Waals surface area contributed by atoms with Crippen LogP contribution < -0.4 is 9.80 Å². The molecule has 14 rings (SSSR count). The average Bonchev–Trinajstić information content (AvgIpc) is 4.09. The lowest BCUT2D eigenvalue weighted by molar-refractivity contribution is 0.739. The molecule has 13 aromatic rings. The Morgan fingerprint density at radius 1 is 0.312 bits per heavy atom. The third-order valence-corrected chi connectivity index (χ3v) is 15.4. The number of para-hydroxylation sites is 4. The molecule has 2 heterocycles. The van der Waals surface area contributed by atoms with Crippen molar-refractivity contribution in [3.8, 4) is 33.6 Å². The standard InChI is InChI=1S/C73H54N4/c1-51-31-33-55(34-32-51)57-20-16-26-63(48-57)75(65-44-46-73-69(50-65)67-28-12-14-30-71(67)77(73)59-23-9-4-10-24-59)61-41-37-54(38-42-61)53-35-39-60(40-36-53)74(62-25-15-19-56(47-62)52-17-5-2-6-18-52)64-43-45-72-68(49-64)66-27-11-13-29-70(66)76(72)58-21-7-3-8-22-58/h2-31,33-51H,32H2,1H3. The highest BCUT2D eigenvalue weighted by atomic mass is 15.1. The van der Waals surface area contributed by atoms with E-state index in [4.69, 9.17) is 0 Å². The van der Waals surface area contributed by atoms with Gasteiger partial charge in [0.2, 0.25) is 0 Å². The summed E-state index contributed by atoms with van der Waals surface area (Å²) in [5.41, 5.74) is 20.7. The molecular weight excluding hydrogens is 933 g/mol. The van der Waals surface area contributed by atoms with Crippen LogP contribution in [-0.4, -0.2) is 9.13 Å². The molecule has 0 bridgehead atoms. The van der Waals surface area contributed by atoms with E-state index < -0.39 is 0 Å². The molecular formula is C73H54N4. The Labute approximate surface area is 449 Å². The number of aromatic nitrogens is 2. The molecule has 0 radical (unpaired) electrons. The van der Waals surface area contributed by atoms with Crippen LogP contribution in [-0.2, 0) is 0 Å². The fourth-order valence-electron chi connectivity index (χ4n) is 11.6. The fraction of sp³-hybridized carbons (Fsp3) is 0.0411. The van der Waals surface area contributed by atoms with Crippen LogP contribution in [0.4, 0.5) is 34.1 Å². The van der Waals surface area contributed by atoms with Gasteiger partial charge in [-0.2, -0.15) is 0 Å². The van der Waals surface area contributed by atoms with E-state index in [0.717, 1.165) is 63.0 Å². The van der Waals surface area contributed by atoms with Crippen molar-refractivity contribution in [1.29, 1.82) is 0 Å². The Morgan fingerprint density at radius 2 is 0.701 bits per heavy atom. The van der Waals surface area contributed by atoms with E-state index in [1.165, 1.54) is 65.9 Å². The lowest BCUT2D eigenvalue weighted by Crippen LogP contribution is -2.10. The maximum atomic E-state index is 2.41. The molecule has 1 atom stereocenters. The zero-order chi connectivity index (χ0) is 51.2. The molecule has 1 unspecified atom stereocenters. The van der Waals surface area contributed by atoms with E-state index in [9.17, 15) is 0 Å². The first-order chi connectivity index (χ1) is 38.1. The van der Waals surface area contributed by atoms with Gasteiger partial charge in [0.1, 0.15) is 0 Å². The van der Waals surface area contributed by atoms with E-state index in [-0.39, 0.29) is 0 Å². The summed E-state index contributed by atoms with van der Waals surface area (Å²) in [4.78, 5) is 4.81. The Morgan fingerprint density at radius 3 is 1.19 bits per heavy atom. The number of rotatable bonds is 11. The summed E-state index contributed by atoms with van der Waals surface area (Å²) < 4.78 is 4.76. The predicted octanol–water partition coefficient (Wildman–Crippen LogP) is 20.1. The van der Waals surface area contributed by atoms with Crippen LogP contribution in [0.2, 0.25) is 0 Å². The summed E-state index contributed by atoms with van der Waals surface area (Å²) >= 11 is 0. The van der Waals surface area contributed by atoms with E-state index >= 15 is 0 Å². The zero-order valence-electron chi connectivity index (χ0n) is 42.8. The van der Waals surface area contributed by atoms with Crippen molar-refractivity contribution < 1.29 is 0 Å². The molecule has 0 amide bonds. The Bertz CT molecular complexity index is 4360. The molecule has 11 aromatic carbocycles. The first-order valence-electron chi connectivity index (χ1n) is 26.7. The van der Waals surface area contributed by atoms with Crippen molar-refractivity contribution in [2.75, 3.05) is 9.80 Å². The van der Waals surface area contributed by atoms with Gasteiger partial charge in [0.15, 0.2) is 0 Å². The molecule has 1 aliphatic rings. The van der Waals surface area contributed by atoms with Crippen LogP contribution in [0.1, 0.15) is 18.9 Å². The largest absolute Gasteiger partial charge is 0.310 e. The maximum absolute atomic E-state index is 2.41. The minimum absolute atomic E-state index is 0.546. The third-order valence-electron chi connectivity index (χ3n) is 15.4. The smallest absolute Gasteiger partial charge is 0.0542 e. The molecule has 0 saturated heterocycles. The highest BCUT2D eigenvalue weighted by Gasteiger charge is 2.21. The number of benzene rings is 11. The second-order valence-corrected chi connectivity index (χ2v) is 20.2. The molecule has 0 N–H and O–H groups in total. The van der Waals surface area contributed by atoms with E-state index in [0.29, 0.717) is 5.92 Å². The normalized spacial score (nSPS) is 13.4. The fourth-order valence-corrected chi connectivity index (χ4v) is 11.6. The number of anilines is 6. The van der Waals surface area contributed by atoms with Gasteiger partial charge in [-0.05, 0) is 167 Å². The molecule has 1 aliphatic carbocycles. The van der Waals surface area contributed by atoms with Gasteiger partial charge in [-0.1, -0.05) is 177 Å². The molecule has 0 saturated carbocycles. The summed E-state index contributed by atoms with van der Waals surface area (Å²) in [6.07, 6.45) is 8.03. The minimum atomic E-state index is 0.546. The second kappa shape index (κ2) is 19.4. The average molecular weight is 987 g/mol. The van der Waals surface area contributed by atoms with Gasteiger partial charge in [-0.3, -0.25) is 0 Å². The van der Waals surface area contributed by atoms with Crippen molar-refractivity contribution >= 4 is 83.3 Å². The number of allylic oxidation sites excluding steroid dienone is 4. The number of hydrogen-bond donors (Lipinski definition) is 0. The van der Waals surface area contributed by atoms with Gasteiger partial charge in [0, 0.05) is 67.0 Å². The van der Waals surface area contributed by atoms with E-state index in [1.54, 1.807) is 0 Å². The topological polar surface area (TPSA) is 16.3 Å². The Hall–Kier alpha value is -9.90. The summed E-state index contributed by atoms with van der Waals surface area (Å²) in [6, 6.07) is 99.5. The van der Waals surface area contributed by atoms with E-state index in [1.807, 2.05) is 0 Å². The lowest BCUT2D eigenvalue weighted by atomic mass is 9.94. The van der Waals surface area contributed by atoms with Crippen LogP contribution in [0.25, 0.3) is 82.8 Å². The molecule has 0 fully saturated rings. The Balaban J connectivity index is 0.856. The molecule has 0 spiro atoms. The quantitative estimate of drug-likeness (QED) is 0.128. The van der Waals surface area contributed by atoms with Crippen LogP contribution >= 0.6 is 0 Å². The third kappa shape index (κ3) is 8.37. The molecule has 0 aliphatic heterocycles. The van der Waals surface area contributed by atoms with Crippen molar-refractivity contribution in [1.82, 2.24) is 9.13 Å². The molecule has 77 heavy (non-hydrogen) atoms. The first kappa shape index (κ1) is 45.7. The van der Waals surface area contributed by atoms with Gasteiger partial charge in [-0.15, -0.1) is 0 Å². The maximum Gasteiger partial charge on any atom is 0.0542 e. The van der Waals surface area contributed by atoms with Gasteiger partial charge in [0.25, 0.3) is 0 Å². The monoisotopic (exact) mass is 986 g/mol. The highest BCUT2D eigenvalue weighted by molar-refractivity contribution is 6.12. The molecule has 4 heteroatoms. The predicted molar refractivity (Wildman–Crippen MR) is 326 cm³/mol. The summed E-state index contributed by atoms with van der Waals surface area (Å²) in [5, 5.41) is 4.87. The lowest BCUT2D eigenvalue weighted by Gasteiger charge is -2.27. The van der Waals surface area contributed by atoms with Crippen LogP contribution in [0.15, 0.2) is 291 Å². The van der Waals surface area contributed by atoms with Crippen LogP contribution in [0.5, 0.6) is 0 Å². The minimum Gasteiger partial charge on any atom is -0.310 e. The van der Waals surface area contributed by atoms with Crippen molar-refractivity contribution in [3.05, 3.63) is 297 Å².